The Labute approximate surface area is 152 Å². The van der Waals surface area contributed by atoms with Crippen molar-refractivity contribution >= 4 is 18.2 Å². The normalized spacial score (nSPS) is 14.8. The second kappa shape index (κ2) is 8.47. The first-order valence-corrected chi connectivity index (χ1v) is 8.52. The molecule has 1 aromatic carbocycles. The maximum Gasteiger partial charge on any atom is 0.336 e. The fourth-order valence-corrected chi connectivity index (χ4v) is 3.05. The molecule has 0 aromatic heterocycles. The third-order valence-corrected chi connectivity index (χ3v) is 4.16. The van der Waals surface area contributed by atoms with E-state index in [2.05, 4.69) is 5.32 Å². The predicted molar refractivity (Wildman–Crippen MR) is 96.4 cm³/mol. The first kappa shape index (κ1) is 19.4. The molecule has 138 valence electrons. The standard InChI is InChI=1S/C20H23NO5/c1-5-25-19(23)16-12(3)21-13(4)17(20(24)26-6-2)18(16)15-9-7-14(11-22)8-10-15/h7-11,18,21H,5-6H2,1-4H3. The van der Waals surface area contributed by atoms with Crippen LogP contribution < -0.4 is 5.32 Å². The van der Waals surface area contributed by atoms with Crippen LogP contribution in [0.25, 0.3) is 0 Å². The zero-order valence-corrected chi connectivity index (χ0v) is 15.4. The van der Waals surface area contributed by atoms with Crippen molar-refractivity contribution in [3.8, 4) is 0 Å². The van der Waals surface area contributed by atoms with E-state index in [1.54, 1.807) is 52.0 Å². The molecule has 0 spiro atoms. The summed E-state index contributed by atoms with van der Waals surface area (Å²) in [7, 11) is 0. The number of ether oxygens (including phenoxy) is 2. The van der Waals surface area contributed by atoms with E-state index < -0.39 is 17.9 Å². The van der Waals surface area contributed by atoms with Gasteiger partial charge in [-0.1, -0.05) is 24.3 Å². The number of dihydropyridines is 1. The summed E-state index contributed by atoms with van der Waals surface area (Å²) in [5, 5.41) is 3.08. The Morgan fingerprint density at radius 2 is 1.42 bits per heavy atom. The molecule has 0 atom stereocenters. The second-order valence-electron chi connectivity index (χ2n) is 5.86. The van der Waals surface area contributed by atoms with E-state index in [-0.39, 0.29) is 13.2 Å². The molecule has 2 rings (SSSR count). The maximum atomic E-state index is 12.6. The summed E-state index contributed by atoms with van der Waals surface area (Å²) < 4.78 is 10.4. The SMILES string of the molecule is CCOC(=O)C1=C(C)NC(C)=C(C(=O)OCC)C1c1ccc(C=O)cc1. The number of esters is 2. The van der Waals surface area contributed by atoms with Gasteiger partial charge < -0.3 is 14.8 Å². The second-order valence-corrected chi connectivity index (χ2v) is 5.86. The first-order valence-electron chi connectivity index (χ1n) is 8.52. The third kappa shape index (κ3) is 3.85. The first-order chi connectivity index (χ1) is 12.4. The lowest BCUT2D eigenvalue weighted by molar-refractivity contribution is -0.139. The van der Waals surface area contributed by atoms with Crippen LogP contribution >= 0.6 is 0 Å². The lowest BCUT2D eigenvalue weighted by Gasteiger charge is -2.30. The summed E-state index contributed by atoms with van der Waals surface area (Å²) in [5.41, 5.74) is 3.19. The van der Waals surface area contributed by atoms with Crippen LogP contribution in [0.4, 0.5) is 0 Å². The van der Waals surface area contributed by atoms with E-state index in [4.69, 9.17) is 9.47 Å². The minimum atomic E-state index is -0.630. The number of carbonyl (C=O) groups excluding carboxylic acids is 3. The van der Waals surface area contributed by atoms with Gasteiger partial charge in [0, 0.05) is 17.0 Å². The molecule has 1 N–H and O–H groups in total. The summed E-state index contributed by atoms with van der Waals surface area (Å²) in [6.45, 7) is 7.44. The number of rotatable bonds is 6. The van der Waals surface area contributed by atoms with Crippen LogP contribution in [0.1, 0.15) is 49.5 Å². The molecule has 0 bridgehead atoms. The number of hydrogen-bond donors (Lipinski definition) is 1. The van der Waals surface area contributed by atoms with Crippen LogP contribution in [0.3, 0.4) is 0 Å². The van der Waals surface area contributed by atoms with Crippen molar-refractivity contribution < 1.29 is 23.9 Å². The van der Waals surface area contributed by atoms with Crippen LogP contribution in [-0.4, -0.2) is 31.4 Å². The molecule has 0 fully saturated rings. The summed E-state index contributed by atoms with van der Waals surface area (Å²) in [5.74, 6) is -1.61. The fourth-order valence-electron chi connectivity index (χ4n) is 3.05. The average molecular weight is 357 g/mol. The smallest absolute Gasteiger partial charge is 0.336 e. The van der Waals surface area contributed by atoms with Gasteiger partial charge in [-0.05, 0) is 33.3 Å². The van der Waals surface area contributed by atoms with Gasteiger partial charge in [-0.3, -0.25) is 4.79 Å². The minimum Gasteiger partial charge on any atom is -0.463 e. The Kier molecular flexibility index (Phi) is 6.33. The van der Waals surface area contributed by atoms with Gasteiger partial charge in [0.15, 0.2) is 0 Å². The van der Waals surface area contributed by atoms with Gasteiger partial charge in [0.1, 0.15) is 6.29 Å². The highest BCUT2D eigenvalue weighted by Gasteiger charge is 2.37. The number of nitrogens with one attached hydrogen (secondary N) is 1. The highest BCUT2D eigenvalue weighted by molar-refractivity contribution is 5.99. The highest BCUT2D eigenvalue weighted by atomic mass is 16.5. The zero-order chi connectivity index (χ0) is 19.3. The molecule has 0 unspecified atom stereocenters. The van der Waals surface area contributed by atoms with Crippen LogP contribution in [0.5, 0.6) is 0 Å². The molecule has 0 amide bonds. The Morgan fingerprint density at radius 3 is 1.81 bits per heavy atom. The molecule has 1 aliphatic rings. The van der Waals surface area contributed by atoms with Crippen molar-refractivity contribution in [3.05, 3.63) is 57.9 Å². The zero-order valence-electron chi connectivity index (χ0n) is 15.4. The van der Waals surface area contributed by atoms with Crippen molar-refractivity contribution in [1.82, 2.24) is 5.32 Å². The quantitative estimate of drug-likeness (QED) is 0.623. The van der Waals surface area contributed by atoms with Crippen LogP contribution in [0, 0.1) is 0 Å². The number of aldehydes is 1. The van der Waals surface area contributed by atoms with Gasteiger partial charge in [-0.15, -0.1) is 0 Å². The lowest BCUT2D eigenvalue weighted by atomic mass is 9.80. The Balaban J connectivity index is 2.62. The molecule has 1 aromatic rings. The minimum absolute atomic E-state index is 0.226. The van der Waals surface area contributed by atoms with Crippen molar-refractivity contribution in [1.29, 1.82) is 0 Å². The van der Waals surface area contributed by atoms with Crippen LogP contribution in [0.2, 0.25) is 0 Å². The number of carbonyl (C=O) groups is 3. The number of benzene rings is 1. The Morgan fingerprint density at radius 1 is 0.962 bits per heavy atom. The molecular formula is C20H23NO5. The highest BCUT2D eigenvalue weighted by Crippen LogP contribution is 2.39. The molecule has 6 heteroatoms. The van der Waals surface area contributed by atoms with Gasteiger partial charge in [0.2, 0.25) is 0 Å². The Hall–Kier alpha value is -2.89. The van der Waals surface area contributed by atoms with E-state index in [9.17, 15) is 14.4 Å². The molecule has 26 heavy (non-hydrogen) atoms. The van der Waals surface area contributed by atoms with Gasteiger partial charge in [0.25, 0.3) is 0 Å². The molecule has 6 nitrogen and oxygen atoms in total. The maximum absolute atomic E-state index is 12.6. The van der Waals surface area contributed by atoms with E-state index in [1.165, 1.54) is 0 Å². The van der Waals surface area contributed by atoms with Crippen molar-refractivity contribution in [2.75, 3.05) is 13.2 Å². The molecule has 0 radical (unpaired) electrons. The topological polar surface area (TPSA) is 81.7 Å². The van der Waals surface area contributed by atoms with Crippen molar-refractivity contribution in [3.63, 3.8) is 0 Å². The average Bonchev–Trinajstić information content (AvgIpc) is 2.61. The van der Waals surface area contributed by atoms with Crippen molar-refractivity contribution in [2.45, 2.75) is 33.6 Å². The van der Waals surface area contributed by atoms with Crippen LogP contribution in [-0.2, 0) is 19.1 Å². The van der Waals surface area contributed by atoms with E-state index >= 15 is 0 Å². The summed E-state index contributed by atoms with van der Waals surface area (Å²) in [6.07, 6.45) is 0.743. The van der Waals surface area contributed by atoms with Crippen LogP contribution in [0.15, 0.2) is 46.8 Å². The molecular weight excluding hydrogens is 334 g/mol. The molecule has 0 saturated carbocycles. The van der Waals surface area contributed by atoms with Gasteiger partial charge in [-0.2, -0.15) is 0 Å². The van der Waals surface area contributed by atoms with E-state index in [0.717, 1.165) is 6.29 Å². The molecule has 0 saturated heterocycles. The van der Waals surface area contributed by atoms with E-state index in [0.29, 0.717) is 33.7 Å². The molecule has 1 aliphatic heterocycles. The van der Waals surface area contributed by atoms with Gasteiger partial charge in [0.05, 0.1) is 30.3 Å². The monoisotopic (exact) mass is 357 g/mol. The number of hydrogen-bond acceptors (Lipinski definition) is 6. The summed E-state index contributed by atoms with van der Waals surface area (Å²) in [4.78, 5) is 36.1. The number of allylic oxidation sites excluding steroid dienone is 2. The summed E-state index contributed by atoms with van der Waals surface area (Å²) >= 11 is 0. The van der Waals surface area contributed by atoms with Crippen molar-refractivity contribution in [2.24, 2.45) is 0 Å². The summed E-state index contributed by atoms with van der Waals surface area (Å²) in [6, 6.07) is 6.78. The van der Waals surface area contributed by atoms with Gasteiger partial charge in [-0.25, -0.2) is 9.59 Å². The third-order valence-electron chi connectivity index (χ3n) is 4.16. The fraction of sp³-hybridized carbons (Fsp3) is 0.350. The van der Waals surface area contributed by atoms with E-state index in [1.807, 2.05) is 0 Å². The molecule has 0 aliphatic carbocycles. The lowest BCUT2D eigenvalue weighted by Crippen LogP contribution is -2.32. The van der Waals surface area contributed by atoms with Gasteiger partial charge >= 0.3 is 11.9 Å². The largest absolute Gasteiger partial charge is 0.463 e. The predicted octanol–water partition coefficient (Wildman–Crippen LogP) is 2.86. The molecule has 1 heterocycles. The Bertz CT molecular complexity index is 734.